The zero-order chi connectivity index (χ0) is 19.5. The lowest BCUT2D eigenvalue weighted by molar-refractivity contribution is 0.251. The quantitative estimate of drug-likeness (QED) is 0.409. The van der Waals surface area contributed by atoms with Crippen LogP contribution in [-0.4, -0.2) is 26.2 Å². The predicted molar refractivity (Wildman–Crippen MR) is 109 cm³/mol. The number of fused-ring (bicyclic) bond motifs is 1. The van der Waals surface area contributed by atoms with Gasteiger partial charge < -0.3 is 11.1 Å². The molecule has 0 aliphatic rings. The third kappa shape index (κ3) is 3.75. The Morgan fingerprint density at radius 3 is 2.75 bits per heavy atom. The van der Waals surface area contributed by atoms with Gasteiger partial charge in [-0.05, 0) is 36.8 Å². The van der Waals surface area contributed by atoms with Crippen molar-refractivity contribution in [3.8, 4) is 11.3 Å². The maximum Gasteiger partial charge on any atom is 0.320 e. The minimum absolute atomic E-state index is 0.340. The molecule has 8 nitrogen and oxygen atoms in total. The molecule has 0 saturated carbocycles. The number of nitrogens with zero attached hydrogens (tertiary/aromatic N) is 3. The van der Waals surface area contributed by atoms with Gasteiger partial charge in [0, 0.05) is 47.3 Å². The van der Waals surface area contributed by atoms with Gasteiger partial charge in [-0.15, -0.1) is 0 Å². The molecule has 0 radical (unpaired) electrons. The molecule has 0 atom stereocenters. The highest BCUT2D eigenvalue weighted by molar-refractivity contribution is 5.95. The van der Waals surface area contributed by atoms with E-state index in [0.717, 1.165) is 33.4 Å². The van der Waals surface area contributed by atoms with Crippen LogP contribution in [0.5, 0.6) is 0 Å². The fraction of sp³-hybridized carbons (Fsp3) is 0.100. The number of carbonyl (C=O) groups excluding carboxylic acids is 1. The number of carbonyl (C=O) groups is 1. The first kappa shape index (κ1) is 17.5. The third-order valence-corrected chi connectivity index (χ3v) is 4.29. The van der Waals surface area contributed by atoms with Gasteiger partial charge in [0.1, 0.15) is 11.5 Å². The maximum atomic E-state index is 12.1. The summed E-state index contributed by atoms with van der Waals surface area (Å²) in [4.78, 5) is 20.7. The van der Waals surface area contributed by atoms with Crippen molar-refractivity contribution in [1.29, 1.82) is 0 Å². The third-order valence-electron chi connectivity index (χ3n) is 4.29. The van der Waals surface area contributed by atoms with Gasteiger partial charge in [0.25, 0.3) is 0 Å². The monoisotopic (exact) mass is 373 g/mol. The Bertz CT molecular complexity index is 1130. The van der Waals surface area contributed by atoms with Crippen LogP contribution in [0.4, 0.5) is 16.3 Å². The number of rotatable bonds is 4. The highest BCUT2D eigenvalue weighted by Crippen LogP contribution is 2.26. The number of aromatic nitrogens is 4. The van der Waals surface area contributed by atoms with E-state index in [2.05, 4.69) is 30.8 Å². The van der Waals surface area contributed by atoms with Crippen LogP contribution in [-0.2, 0) is 6.54 Å². The predicted octanol–water partition coefficient (Wildman–Crippen LogP) is 3.23. The summed E-state index contributed by atoms with van der Waals surface area (Å²) in [5, 5.41) is 13.8. The number of urea groups is 1. The first-order valence-electron chi connectivity index (χ1n) is 8.75. The lowest BCUT2D eigenvalue weighted by Crippen LogP contribution is -2.28. The number of benzene rings is 1. The van der Waals surface area contributed by atoms with Gasteiger partial charge in [0.15, 0.2) is 0 Å². The van der Waals surface area contributed by atoms with Crippen molar-refractivity contribution in [2.24, 2.45) is 0 Å². The number of aromatic amines is 1. The van der Waals surface area contributed by atoms with Crippen molar-refractivity contribution in [3.05, 3.63) is 66.1 Å². The summed E-state index contributed by atoms with van der Waals surface area (Å²) in [7, 11) is 0. The molecule has 0 unspecified atom stereocenters. The summed E-state index contributed by atoms with van der Waals surface area (Å²) >= 11 is 0. The number of nitrogen functional groups attached to an aromatic ring is 1. The van der Waals surface area contributed by atoms with E-state index in [4.69, 9.17) is 5.73 Å². The molecule has 0 aliphatic carbocycles. The number of hydrogen-bond acceptors (Lipinski definition) is 5. The molecule has 28 heavy (non-hydrogen) atoms. The van der Waals surface area contributed by atoms with Crippen molar-refractivity contribution < 1.29 is 4.79 Å². The molecule has 3 heterocycles. The van der Waals surface area contributed by atoms with Crippen molar-refractivity contribution in [2.45, 2.75) is 13.5 Å². The Balaban J connectivity index is 1.46. The van der Waals surface area contributed by atoms with Crippen molar-refractivity contribution >= 4 is 28.4 Å². The van der Waals surface area contributed by atoms with E-state index >= 15 is 0 Å². The lowest BCUT2D eigenvalue weighted by atomic mass is 10.1. The molecule has 5 N–H and O–H groups in total. The number of hydrogen-bond donors (Lipinski definition) is 4. The summed E-state index contributed by atoms with van der Waals surface area (Å²) in [5.41, 5.74) is 10.8. The number of anilines is 2. The lowest BCUT2D eigenvalue weighted by Gasteiger charge is -2.07. The smallest absolute Gasteiger partial charge is 0.320 e. The Morgan fingerprint density at radius 1 is 1.14 bits per heavy atom. The molecule has 0 fully saturated rings. The Hall–Kier alpha value is -3.94. The summed E-state index contributed by atoms with van der Waals surface area (Å²) in [6, 6.07) is 12.6. The molecule has 0 spiro atoms. The molecule has 1 aromatic carbocycles. The molecule has 140 valence electrons. The molecule has 0 aliphatic heterocycles. The average Bonchev–Trinajstić information content (AvgIpc) is 3.11. The van der Waals surface area contributed by atoms with Crippen LogP contribution in [0.2, 0.25) is 0 Å². The molecule has 3 aromatic heterocycles. The second-order valence-electron chi connectivity index (χ2n) is 6.42. The second-order valence-corrected chi connectivity index (χ2v) is 6.42. The number of amides is 2. The zero-order valence-corrected chi connectivity index (χ0v) is 15.2. The zero-order valence-electron chi connectivity index (χ0n) is 15.2. The van der Waals surface area contributed by atoms with Crippen LogP contribution in [0.1, 0.15) is 11.3 Å². The number of aryl methyl sites for hydroxylation is 1. The summed E-state index contributed by atoms with van der Waals surface area (Å²) in [6.45, 7) is 2.32. The van der Waals surface area contributed by atoms with Gasteiger partial charge in [-0.25, -0.2) is 9.78 Å². The molecule has 2 amide bonds. The van der Waals surface area contributed by atoms with Crippen LogP contribution >= 0.6 is 0 Å². The average molecular weight is 373 g/mol. The van der Waals surface area contributed by atoms with E-state index in [-0.39, 0.29) is 6.03 Å². The first-order chi connectivity index (χ1) is 13.6. The van der Waals surface area contributed by atoms with Gasteiger partial charge >= 0.3 is 6.03 Å². The second kappa shape index (κ2) is 7.36. The van der Waals surface area contributed by atoms with Crippen molar-refractivity contribution in [2.75, 3.05) is 11.1 Å². The van der Waals surface area contributed by atoms with E-state index in [1.165, 1.54) is 0 Å². The van der Waals surface area contributed by atoms with Gasteiger partial charge in [-0.3, -0.25) is 15.4 Å². The molecule has 0 bridgehead atoms. The van der Waals surface area contributed by atoms with Crippen LogP contribution in [0.25, 0.3) is 22.2 Å². The van der Waals surface area contributed by atoms with Crippen molar-refractivity contribution in [3.63, 3.8) is 0 Å². The number of nitrogens with two attached hydrogens (primary N) is 1. The van der Waals surface area contributed by atoms with E-state index < -0.39 is 0 Å². The summed E-state index contributed by atoms with van der Waals surface area (Å²) in [5.74, 6) is 0.434. The van der Waals surface area contributed by atoms with E-state index in [1.54, 1.807) is 30.6 Å². The topological polar surface area (TPSA) is 122 Å². The molecule has 0 saturated heterocycles. The molecule has 8 heteroatoms. The Kier molecular flexibility index (Phi) is 4.59. The number of pyridine rings is 2. The Labute approximate surface area is 161 Å². The summed E-state index contributed by atoms with van der Waals surface area (Å²) in [6.07, 6.45) is 3.44. The van der Waals surface area contributed by atoms with Gasteiger partial charge in [0.2, 0.25) is 0 Å². The van der Waals surface area contributed by atoms with Crippen LogP contribution in [0.3, 0.4) is 0 Å². The van der Waals surface area contributed by atoms with E-state index in [0.29, 0.717) is 18.1 Å². The SMILES string of the molecule is Cc1cc(-c2n[nH]c3cc(NC(=O)NCc4ccc(N)cc4)ncc23)ccn1. The van der Waals surface area contributed by atoms with E-state index in [9.17, 15) is 4.79 Å². The van der Waals surface area contributed by atoms with E-state index in [1.807, 2.05) is 31.2 Å². The molecular weight excluding hydrogens is 354 g/mol. The van der Waals surface area contributed by atoms with Crippen LogP contribution in [0.15, 0.2) is 54.9 Å². The van der Waals surface area contributed by atoms with Gasteiger partial charge in [-0.1, -0.05) is 12.1 Å². The molecule has 4 aromatic rings. The first-order valence-corrected chi connectivity index (χ1v) is 8.75. The van der Waals surface area contributed by atoms with Crippen LogP contribution in [0, 0.1) is 6.92 Å². The normalized spacial score (nSPS) is 10.8. The van der Waals surface area contributed by atoms with Gasteiger partial charge in [-0.2, -0.15) is 5.10 Å². The largest absolute Gasteiger partial charge is 0.399 e. The minimum atomic E-state index is -0.340. The maximum absolute atomic E-state index is 12.1. The Morgan fingerprint density at radius 2 is 1.96 bits per heavy atom. The minimum Gasteiger partial charge on any atom is -0.399 e. The molecule has 4 rings (SSSR count). The van der Waals surface area contributed by atoms with Crippen LogP contribution < -0.4 is 16.4 Å². The number of H-pyrrole nitrogens is 1. The fourth-order valence-electron chi connectivity index (χ4n) is 2.87. The standard InChI is InChI=1S/C20H19N7O/c1-12-8-14(6-7-22-12)19-16-11-23-18(9-17(16)26-27-19)25-20(28)24-10-13-2-4-15(21)5-3-13/h2-9,11H,10,21H2,1H3,(H,26,27)(H2,23,24,25,28). The molecular formula is C20H19N7O. The summed E-state index contributed by atoms with van der Waals surface area (Å²) < 4.78 is 0. The highest BCUT2D eigenvalue weighted by Gasteiger charge is 2.11. The number of nitrogens with one attached hydrogen (secondary N) is 3. The van der Waals surface area contributed by atoms with Crippen molar-refractivity contribution in [1.82, 2.24) is 25.5 Å². The fourth-order valence-corrected chi connectivity index (χ4v) is 2.87. The highest BCUT2D eigenvalue weighted by atomic mass is 16.2. The van der Waals surface area contributed by atoms with Gasteiger partial charge in [0.05, 0.1) is 5.52 Å².